The number of amides is 2. The predicted molar refractivity (Wildman–Crippen MR) is 125 cm³/mol. The number of pyridine rings is 2. The minimum absolute atomic E-state index is 0.0827. The molecule has 5 aromatic rings. The molecule has 10 heteroatoms. The zero-order chi connectivity index (χ0) is 22.9. The molecule has 4 N–H and O–H groups in total. The van der Waals surface area contributed by atoms with Crippen LogP contribution in [0, 0.1) is 0 Å². The van der Waals surface area contributed by atoms with Crippen molar-refractivity contribution in [1.29, 1.82) is 0 Å². The first-order valence-corrected chi connectivity index (χ1v) is 10.4. The first-order chi connectivity index (χ1) is 16.1. The fourth-order valence-corrected chi connectivity index (χ4v) is 3.62. The maximum Gasteiger partial charge on any atom is 0.253 e. The van der Waals surface area contributed by atoms with Crippen LogP contribution in [-0.2, 0) is 4.79 Å². The standard InChI is InChI=1S/C23H20N8O2/c1-3-18(32)27-14-7-12(9-25-11-14)13-8-16-20(30-31-21(16)26-10-13)22-28-17-6-4-5-15(19(17)29-22)23(33)24-2/h4-11H,3H2,1-2H3,(H,24,33)(H,27,32)(H,28,29)(H,26,30,31). The topological polar surface area (TPSA) is 141 Å². The molecule has 5 rings (SSSR count). The number of fused-ring (bicyclic) bond motifs is 2. The normalized spacial score (nSPS) is 11.1. The molecule has 0 saturated heterocycles. The van der Waals surface area contributed by atoms with E-state index >= 15 is 0 Å². The third-order valence-electron chi connectivity index (χ3n) is 5.31. The summed E-state index contributed by atoms with van der Waals surface area (Å²) >= 11 is 0. The van der Waals surface area contributed by atoms with E-state index in [4.69, 9.17) is 0 Å². The SMILES string of the molecule is CCC(=O)Nc1cncc(-c2cnc3n[nH]c(-c4nc5c(C(=O)NC)cccc5[nH]4)c3c2)c1. The van der Waals surface area contributed by atoms with E-state index in [1.807, 2.05) is 18.2 Å². The third-order valence-corrected chi connectivity index (χ3v) is 5.31. The Morgan fingerprint density at radius 1 is 1.09 bits per heavy atom. The van der Waals surface area contributed by atoms with Gasteiger partial charge in [0.05, 0.1) is 28.4 Å². The van der Waals surface area contributed by atoms with E-state index in [9.17, 15) is 9.59 Å². The summed E-state index contributed by atoms with van der Waals surface area (Å²) in [4.78, 5) is 40.6. The van der Waals surface area contributed by atoms with Crippen LogP contribution in [0.2, 0.25) is 0 Å². The maximum absolute atomic E-state index is 12.2. The zero-order valence-electron chi connectivity index (χ0n) is 17.9. The Labute approximate surface area is 187 Å². The molecule has 4 heterocycles. The molecule has 0 fully saturated rings. The van der Waals surface area contributed by atoms with Crippen LogP contribution >= 0.6 is 0 Å². The molecule has 0 saturated carbocycles. The highest BCUT2D eigenvalue weighted by Crippen LogP contribution is 2.30. The Balaban J connectivity index is 1.58. The summed E-state index contributed by atoms with van der Waals surface area (Å²) in [7, 11) is 1.59. The molecule has 0 radical (unpaired) electrons. The number of imidazole rings is 1. The van der Waals surface area contributed by atoms with E-state index in [0.717, 1.165) is 22.0 Å². The van der Waals surface area contributed by atoms with Gasteiger partial charge in [0, 0.05) is 37.0 Å². The number of benzene rings is 1. The van der Waals surface area contributed by atoms with E-state index in [-0.39, 0.29) is 11.8 Å². The average Bonchev–Trinajstić information content (AvgIpc) is 3.47. The minimum atomic E-state index is -0.209. The van der Waals surface area contributed by atoms with Crippen molar-refractivity contribution in [3.05, 3.63) is 54.5 Å². The van der Waals surface area contributed by atoms with Gasteiger partial charge in [0.15, 0.2) is 11.5 Å². The largest absolute Gasteiger partial charge is 0.355 e. The van der Waals surface area contributed by atoms with Crippen LogP contribution in [0.3, 0.4) is 0 Å². The molecule has 0 bridgehead atoms. The van der Waals surface area contributed by atoms with Crippen molar-refractivity contribution in [3.8, 4) is 22.6 Å². The van der Waals surface area contributed by atoms with Gasteiger partial charge in [-0.1, -0.05) is 13.0 Å². The molecule has 0 aliphatic carbocycles. The van der Waals surface area contributed by atoms with Gasteiger partial charge in [-0.05, 0) is 24.3 Å². The Morgan fingerprint density at radius 2 is 1.94 bits per heavy atom. The summed E-state index contributed by atoms with van der Waals surface area (Å²) < 4.78 is 0. The molecular weight excluding hydrogens is 420 g/mol. The molecule has 10 nitrogen and oxygen atoms in total. The van der Waals surface area contributed by atoms with Crippen molar-refractivity contribution in [1.82, 2.24) is 35.5 Å². The molecule has 0 unspecified atom stereocenters. The number of nitrogens with one attached hydrogen (secondary N) is 4. The van der Waals surface area contributed by atoms with E-state index in [1.165, 1.54) is 0 Å². The molecule has 0 spiro atoms. The number of hydrogen-bond acceptors (Lipinski definition) is 6. The summed E-state index contributed by atoms with van der Waals surface area (Å²) in [6.07, 6.45) is 5.40. The Hall–Kier alpha value is -4.60. The molecule has 1 aromatic carbocycles. The van der Waals surface area contributed by atoms with Gasteiger partial charge in [-0.15, -0.1) is 0 Å². The van der Waals surface area contributed by atoms with Gasteiger partial charge < -0.3 is 15.6 Å². The molecule has 0 aliphatic heterocycles. The molecule has 0 atom stereocenters. The number of aromatic nitrogens is 6. The van der Waals surface area contributed by atoms with Crippen LogP contribution in [0.4, 0.5) is 5.69 Å². The first-order valence-electron chi connectivity index (χ1n) is 10.4. The zero-order valence-corrected chi connectivity index (χ0v) is 17.9. The summed E-state index contributed by atoms with van der Waals surface area (Å²) in [5, 5.41) is 13.5. The Morgan fingerprint density at radius 3 is 2.76 bits per heavy atom. The minimum Gasteiger partial charge on any atom is -0.355 e. The average molecular weight is 440 g/mol. The lowest BCUT2D eigenvalue weighted by Gasteiger charge is -2.06. The number of anilines is 1. The van der Waals surface area contributed by atoms with Gasteiger partial charge in [0.2, 0.25) is 5.91 Å². The fourth-order valence-electron chi connectivity index (χ4n) is 3.62. The Bertz CT molecular complexity index is 1520. The van der Waals surface area contributed by atoms with Crippen molar-refractivity contribution in [2.45, 2.75) is 13.3 Å². The quantitative estimate of drug-likeness (QED) is 0.330. The van der Waals surface area contributed by atoms with Crippen LogP contribution in [0.5, 0.6) is 0 Å². The van der Waals surface area contributed by atoms with Crippen LogP contribution in [-0.4, -0.2) is 49.0 Å². The van der Waals surface area contributed by atoms with Crippen molar-refractivity contribution in [2.24, 2.45) is 0 Å². The monoisotopic (exact) mass is 440 g/mol. The molecule has 0 aliphatic rings. The molecule has 33 heavy (non-hydrogen) atoms. The summed E-state index contributed by atoms with van der Waals surface area (Å²) in [5.74, 6) is 0.255. The van der Waals surface area contributed by atoms with Gasteiger partial charge in [0.1, 0.15) is 11.2 Å². The smallest absolute Gasteiger partial charge is 0.253 e. The van der Waals surface area contributed by atoms with E-state index in [2.05, 4.69) is 40.8 Å². The number of nitrogens with zero attached hydrogens (tertiary/aromatic N) is 4. The van der Waals surface area contributed by atoms with E-state index in [1.54, 1.807) is 44.7 Å². The number of carbonyl (C=O) groups excluding carboxylic acids is 2. The van der Waals surface area contributed by atoms with Crippen LogP contribution in [0.1, 0.15) is 23.7 Å². The lowest BCUT2D eigenvalue weighted by molar-refractivity contribution is -0.115. The van der Waals surface area contributed by atoms with Crippen molar-refractivity contribution in [2.75, 3.05) is 12.4 Å². The molecular formula is C23H20N8O2. The van der Waals surface area contributed by atoms with E-state index < -0.39 is 0 Å². The highest BCUT2D eigenvalue weighted by Gasteiger charge is 2.17. The lowest BCUT2D eigenvalue weighted by atomic mass is 10.1. The summed E-state index contributed by atoms with van der Waals surface area (Å²) in [6, 6.07) is 9.18. The van der Waals surface area contributed by atoms with Crippen molar-refractivity contribution < 1.29 is 9.59 Å². The molecule has 2 amide bonds. The summed E-state index contributed by atoms with van der Waals surface area (Å²) in [5.41, 5.74) is 5.21. The number of rotatable bonds is 5. The number of carbonyl (C=O) groups is 2. The van der Waals surface area contributed by atoms with Gasteiger partial charge in [-0.25, -0.2) is 9.97 Å². The highest BCUT2D eigenvalue weighted by molar-refractivity contribution is 6.05. The van der Waals surface area contributed by atoms with Crippen LogP contribution < -0.4 is 10.6 Å². The van der Waals surface area contributed by atoms with E-state index in [0.29, 0.717) is 40.4 Å². The number of H-pyrrole nitrogens is 2. The predicted octanol–water partition coefficient (Wildman–Crippen LogP) is 3.27. The highest BCUT2D eigenvalue weighted by atomic mass is 16.2. The fraction of sp³-hybridized carbons (Fsp3) is 0.130. The van der Waals surface area contributed by atoms with Crippen molar-refractivity contribution >= 4 is 39.6 Å². The van der Waals surface area contributed by atoms with Crippen molar-refractivity contribution in [3.63, 3.8) is 0 Å². The second-order valence-electron chi connectivity index (χ2n) is 7.42. The number of para-hydroxylation sites is 1. The van der Waals surface area contributed by atoms with Gasteiger partial charge in [0.25, 0.3) is 5.91 Å². The molecule has 164 valence electrons. The Kier molecular flexibility index (Phi) is 5.02. The van der Waals surface area contributed by atoms with Gasteiger partial charge >= 0.3 is 0 Å². The van der Waals surface area contributed by atoms with Crippen LogP contribution in [0.15, 0.2) is 48.9 Å². The lowest BCUT2D eigenvalue weighted by Crippen LogP contribution is -2.18. The number of hydrogen-bond donors (Lipinski definition) is 4. The first kappa shape index (κ1) is 20.3. The molecule has 4 aromatic heterocycles. The second-order valence-corrected chi connectivity index (χ2v) is 7.42. The second kappa shape index (κ2) is 8.15. The van der Waals surface area contributed by atoms with Crippen LogP contribution in [0.25, 0.3) is 44.7 Å². The summed E-state index contributed by atoms with van der Waals surface area (Å²) in [6.45, 7) is 1.79. The maximum atomic E-state index is 12.2. The van der Waals surface area contributed by atoms with Gasteiger partial charge in [-0.3, -0.25) is 19.7 Å². The number of aromatic amines is 2. The third kappa shape index (κ3) is 3.67. The van der Waals surface area contributed by atoms with Gasteiger partial charge in [-0.2, -0.15) is 5.10 Å².